The van der Waals surface area contributed by atoms with Gasteiger partial charge in [-0.15, -0.1) is 0 Å². The number of ether oxygens (including phenoxy) is 1. The second-order valence-electron chi connectivity index (χ2n) is 3.85. The number of nitrogens with zero attached hydrogens (tertiary/aromatic N) is 2. The van der Waals surface area contributed by atoms with Crippen molar-refractivity contribution >= 4 is 23.2 Å². The van der Waals surface area contributed by atoms with E-state index in [0.717, 1.165) is 5.56 Å². The maximum absolute atomic E-state index is 11.7. The van der Waals surface area contributed by atoms with Crippen molar-refractivity contribution in [3.63, 3.8) is 0 Å². The third kappa shape index (κ3) is 3.65. The second kappa shape index (κ2) is 6.83. The molecular formula is C12H14N4O3S. The predicted molar refractivity (Wildman–Crippen MR) is 74.9 cm³/mol. The van der Waals surface area contributed by atoms with Crippen molar-refractivity contribution in [2.45, 2.75) is 6.10 Å². The summed E-state index contributed by atoms with van der Waals surface area (Å²) >= 11 is 1.49. The van der Waals surface area contributed by atoms with E-state index < -0.39 is 12.1 Å². The maximum atomic E-state index is 11.7. The van der Waals surface area contributed by atoms with Crippen LogP contribution in [0.4, 0.5) is 10.6 Å². The zero-order valence-corrected chi connectivity index (χ0v) is 11.6. The second-order valence-corrected chi connectivity index (χ2v) is 4.63. The van der Waals surface area contributed by atoms with Crippen LogP contribution >= 0.6 is 11.3 Å². The summed E-state index contributed by atoms with van der Waals surface area (Å²) < 4.78 is 5.02. The molecule has 0 aromatic carbocycles. The van der Waals surface area contributed by atoms with Crippen LogP contribution in [0.1, 0.15) is 11.7 Å². The lowest BCUT2D eigenvalue weighted by molar-refractivity contribution is 0.175. The predicted octanol–water partition coefficient (Wildman–Crippen LogP) is 1.40. The molecule has 3 N–H and O–H groups in total. The van der Waals surface area contributed by atoms with E-state index in [1.807, 2.05) is 16.8 Å². The van der Waals surface area contributed by atoms with Crippen LogP contribution in [0.25, 0.3) is 0 Å². The van der Waals surface area contributed by atoms with Gasteiger partial charge < -0.3 is 15.2 Å². The van der Waals surface area contributed by atoms with Crippen molar-refractivity contribution in [2.24, 2.45) is 0 Å². The number of nitrogens with one attached hydrogen (secondary N) is 2. The fourth-order valence-electron chi connectivity index (χ4n) is 1.48. The summed E-state index contributed by atoms with van der Waals surface area (Å²) in [5.74, 6) is 0.631. The van der Waals surface area contributed by atoms with Crippen molar-refractivity contribution in [2.75, 3.05) is 19.0 Å². The molecule has 20 heavy (non-hydrogen) atoms. The van der Waals surface area contributed by atoms with Gasteiger partial charge in [-0.3, -0.25) is 5.32 Å². The van der Waals surface area contributed by atoms with Crippen LogP contribution in [0.2, 0.25) is 0 Å². The smallest absolute Gasteiger partial charge is 0.320 e. The third-order valence-corrected chi connectivity index (χ3v) is 3.22. The highest BCUT2D eigenvalue weighted by Gasteiger charge is 2.12. The molecule has 2 heterocycles. The van der Waals surface area contributed by atoms with Gasteiger partial charge in [0.25, 0.3) is 0 Å². The fraction of sp³-hybridized carbons (Fsp3) is 0.250. The number of aromatic nitrogens is 2. The zero-order chi connectivity index (χ0) is 14.4. The minimum Gasteiger partial charge on any atom is -0.491 e. The third-order valence-electron chi connectivity index (χ3n) is 2.51. The highest BCUT2D eigenvalue weighted by Crippen LogP contribution is 2.18. The molecule has 2 rings (SSSR count). The van der Waals surface area contributed by atoms with Crippen LogP contribution in [-0.4, -0.2) is 34.8 Å². The first-order valence-corrected chi connectivity index (χ1v) is 6.74. The largest absolute Gasteiger partial charge is 0.491 e. The Kier molecular flexibility index (Phi) is 4.85. The highest BCUT2D eigenvalue weighted by molar-refractivity contribution is 7.07. The van der Waals surface area contributed by atoms with E-state index in [9.17, 15) is 9.90 Å². The van der Waals surface area contributed by atoms with Crippen LogP contribution in [0.5, 0.6) is 5.75 Å². The molecule has 0 aliphatic carbocycles. The van der Waals surface area contributed by atoms with Gasteiger partial charge in [0.2, 0.25) is 0 Å². The summed E-state index contributed by atoms with van der Waals surface area (Å²) in [4.78, 5) is 19.4. The Morgan fingerprint density at radius 2 is 2.45 bits per heavy atom. The molecule has 2 amide bonds. The molecule has 0 saturated carbocycles. The van der Waals surface area contributed by atoms with Gasteiger partial charge >= 0.3 is 6.03 Å². The summed E-state index contributed by atoms with van der Waals surface area (Å²) in [6.07, 6.45) is 2.01. The van der Waals surface area contributed by atoms with Gasteiger partial charge in [0, 0.05) is 6.54 Å². The van der Waals surface area contributed by atoms with E-state index >= 15 is 0 Å². The summed E-state index contributed by atoms with van der Waals surface area (Å²) in [5.41, 5.74) is 0.773. The maximum Gasteiger partial charge on any atom is 0.320 e. The van der Waals surface area contributed by atoms with Gasteiger partial charge in [-0.1, -0.05) is 0 Å². The molecule has 0 saturated heterocycles. The molecule has 7 nitrogen and oxygen atoms in total. The standard InChI is InChI=1S/C12H14N4O3S/c1-19-10-5-13-7-15-11(10)16-12(18)14-4-9(17)8-2-3-20-6-8/h2-3,5-7,9,17H,4H2,1H3,(H2,13,14,15,16,18). The zero-order valence-electron chi connectivity index (χ0n) is 10.7. The van der Waals surface area contributed by atoms with Gasteiger partial charge in [0.1, 0.15) is 6.33 Å². The minimum absolute atomic E-state index is 0.107. The molecule has 0 aliphatic rings. The molecule has 1 unspecified atom stereocenters. The number of carbonyl (C=O) groups excluding carboxylic acids is 1. The summed E-state index contributed by atoms with van der Waals surface area (Å²) in [5, 5.41) is 18.6. The quantitative estimate of drug-likeness (QED) is 0.774. The van der Waals surface area contributed by atoms with E-state index in [4.69, 9.17) is 4.74 Å². The number of anilines is 1. The van der Waals surface area contributed by atoms with E-state index in [1.165, 1.54) is 31.0 Å². The molecule has 2 aromatic rings. The number of methoxy groups -OCH3 is 1. The van der Waals surface area contributed by atoms with Crippen LogP contribution < -0.4 is 15.4 Å². The Morgan fingerprint density at radius 3 is 3.15 bits per heavy atom. The van der Waals surface area contributed by atoms with E-state index in [-0.39, 0.29) is 12.4 Å². The van der Waals surface area contributed by atoms with Crippen LogP contribution in [0, 0.1) is 0 Å². The average molecular weight is 294 g/mol. The van der Waals surface area contributed by atoms with Gasteiger partial charge in [-0.25, -0.2) is 14.8 Å². The number of hydrogen-bond donors (Lipinski definition) is 3. The Bertz CT molecular complexity index is 562. The normalized spacial score (nSPS) is 11.7. The fourth-order valence-corrected chi connectivity index (χ4v) is 2.19. The first-order chi connectivity index (χ1) is 9.70. The van der Waals surface area contributed by atoms with Gasteiger partial charge in [-0.2, -0.15) is 11.3 Å². The van der Waals surface area contributed by atoms with Crippen molar-refractivity contribution in [3.8, 4) is 5.75 Å². The minimum atomic E-state index is -0.737. The topological polar surface area (TPSA) is 96.4 Å². The number of aliphatic hydroxyl groups excluding tert-OH is 1. The number of rotatable bonds is 5. The number of hydrogen-bond acceptors (Lipinski definition) is 6. The number of urea groups is 1. The van der Waals surface area contributed by atoms with Gasteiger partial charge in [0.15, 0.2) is 11.6 Å². The van der Waals surface area contributed by atoms with E-state index in [1.54, 1.807) is 0 Å². The molecule has 8 heteroatoms. The molecule has 0 radical (unpaired) electrons. The molecular weight excluding hydrogens is 280 g/mol. The van der Waals surface area contributed by atoms with Crippen LogP contribution in [0.3, 0.4) is 0 Å². The Morgan fingerprint density at radius 1 is 1.60 bits per heavy atom. The lowest BCUT2D eigenvalue weighted by atomic mass is 10.2. The highest BCUT2D eigenvalue weighted by atomic mass is 32.1. The SMILES string of the molecule is COc1cncnc1NC(=O)NCC(O)c1ccsc1. The van der Waals surface area contributed by atoms with Gasteiger partial charge in [0.05, 0.1) is 19.4 Å². The number of carbonyl (C=O) groups is 1. The van der Waals surface area contributed by atoms with Crippen molar-refractivity contribution < 1.29 is 14.6 Å². The Balaban J connectivity index is 1.86. The van der Waals surface area contributed by atoms with Crippen LogP contribution in [-0.2, 0) is 0 Å². The summed E-state index contributed by atoms with van der Waals surface area (Å²) in [6, 6.07) is 1.33. The lowest BCUT2D eigenvalue weighted by Gasteiger charge is -2.12. The van der Waals surface area contributed by atoms with Crippen molar-refractivity contribution in [1.82, 2.24) is 15.3 Å². The van der Waals surface area contributed by atoms with Crippen molar-refractivity contribution in [1.29, 1.82) is 0 Å². The monoisotopic (exact) mass is 294 g/mol. The number of thiophene rings is 1. The van der Waals surface area contributed by atoms with Crippen molar-refractivity contribution in [3.05, 3.63) is 34.9 Å². The van der Waals surface area contributed by atoms with E-state index in [0.29, 0.717) is 5.75 Å². The summed E-state index contributed by atoms with van der Waals surface area (Å²) in [7, 11) is 1.46. The number of aliphatic hydroxyl groups is 1. The molecule has 0 spiro atoms. The lowest BCUT2D eigenvalue weighted by Crippen LogP contribution is -2.32. The molecule has 0 bridgehead atoms. The first-order valence-electron chi connectivity index (χ1n) is 5.79. The molecule has 1 atom stereocenters. The molecule has 0 fully saturated rings. The van der Waals surface area contributed by atoms with E-state index in [2.05, 4.69) is 20.6 Å². The average Bonchev–Trinajstić information content (AvgIpc) is 2.99. The first kappa shape index (κ1) is 14.2. The molecule has 106 valence electrons. The Hall–Kier alpha value is -2.19. The van der Waals surface area contributed by atoms with Gasteiger partial charge in [-0.05, 0) is 22.4 Å². The molecule has 2 aromatic heterocycles. The molecule has 0 aliphatic heterocycles. The summed E-state index contributed by atoms with van der Waals surface area (Å²) in [6.45, 7) is 0.107. The Labute approximate surface area is 119 Å². The number of amides is 2. The van der Waals surface area contributed by atoms with Crippen LogP contribution in [0.15, 0.2) is 29.4 Å².